The van der Waals surface area contributed by atoms with E-state index in [0.29, 0.717) is 20.7 Å². The van der Waals surface area contributed by atoms with Gasteiger partial charge in [-0.3, -0.25) is 9.69 Å². The summed E-state index contributed by atoms with van der Waals surface area (Å²) < 4.78 is 11.3. The van der Waals surface area contributed by atoms with Crippen molar-refractivity contribution >= 4 is 46.0 Å². The topological polar surface area (TPSA) is 38.8 Å². The lowest BCUT2D eigenvalue weighted by Crippen LogP contribution is -2.29. The van der Waals surface area contributed by atoms with Gasteiger partial charge in [0.05, 0.1) is 24.8 Å². The zero-order valence-electron chi connectivity index (χ0n) is 15.0. The van der Waals surface area contributed by atoms with Crippen LogP contribution in [0.2, 0.25) is 0 Å². The molecule has 6 heteroatoms. The molecule has 0 radical (unpaired) electrons. The molecule has 4 nitrogen and oxygen atoms in total. The molecule has 0 aliphatic carbocycles. The molecule has 0 aromatic heterocycles. The molecule has 1 amide bonds. The SMILES string of the molecule is COc1cccc(/C=C2\SC(=S)N(c3c(C)cccc3C)C2=O)c1OC. The van der Waals surface area contributed by atoms with Crippen LogP contribution in [-0.2, 0) is 4.79 Å². The maximum Gasteiger partial charge on any atom is 0.270 e. The van der Waals surface area contributed by atoms with Crippen molar-refractivity contribution in [1.29, 1.82) is 0 Å². The Bertz CT molecular complexity index is 901. The van der Waals surface area contributed by atoms with Crippen LogP contribution in [-0.4, -0.2) is 24.4 Å². The Kier molecular flexibility index (Phi) is 5.34. The van der Waals surface area contributed by atoms with E-state index in [4.69, 9.17) is 21.7 Å². The van der Waals surface area contributed by atoms with Gasteiger partial charge in [-0.05, 0) is 37.1 Å². The van der Waals surface area contributed by atoms with Crippen molar-refractivity contribution in [2.24, 2.45) is 0 Å². The molecule has 0 unspecified atom stereocenters. The van der Waals surface area contributed by atoms with Gasteiger partial charge >= 0.3 is 0 Å². The van der Waals surface area contributed by atoms with E-state index in [1.54, 1.807) is 25.2 Å². The smallest absolute Gasteiger partial charge is 0.270 e. The molecular formula is C20H19NO3S2. The number of thioether (sulfide) groups is 1. The summed E-state index contributed by atoms with van der Waals surface area (Å²) in [5, 5.41) is 0. The largest absolute Gasteiger partial charge is 0.493 e. The van der Waals surface area contributed by atoms with Crippen molar-refractivity contribution in [3.8, 4) is 11.5 Å². The molecule has 26 heavy (non-hydrogen) atoms. The van der Waals surface area contributed by atoms with Crippen LogP contribution in [0.5, 0.6) is 11.5 Å². The molecule has 1 aliphatic heterocycles. The van der Waals surface area contributed by atoms with E-state index in [9.17, 15) is 4.79 Å². The van der Waals surface area contributed by atoms with E-state index in [-0.39, 0.29) is 5.91 Å². The van der Waals surface area contributed by atoms with Gasteiger partial charge in [-0.25, -0.2) is 0 Å². The minimum absolute atomic E-state index is 0.123. The van der Waals surface area contributed by atoms with Gasteiger partial charge in [-0.15, -0.1) is 0 Å². The number of amides is 1. The zero-order valence-corrected chi connectivity index (χ0v) is 16.7. The molecular weight excluding hydrogens is 366 g/mol. The summed E-state index contributed by atoms with van der Waals surface area (Å²) in [6, 6.07) is 11.5. The summed E-state index contributed by atoms with van der Waals surface area (Å²) in [6.45, 7) is 3.96. The van der Waals surface area contributed by atoms with E-state index in [1.165, 1.54) is 11.8 Å². The number of carbonyl (C=O) groups excluding carboxylic acids is 1. The Morgan fingerprint density at radius 3 is 2.31 bits per heavy atom. The lowest BCUT2D eigenvalue weighted by atomic mass is 10.1. The van der Waals surface area contributed by atoms with Crippen molar-refractivity contribution in [2.45, 2.75) is 13.8 Å². The van der Waals surface area contributed by atoms with Crippen molar-refractivity contribution < 1.29 is 14.3 Å². The van der Waals surface area contributed by atoms with Crippen LogP contribution in [0.15, 0.2) is 41.3 Å². The second-order valence-electron chi connectivity index (χ2n) is 5.84. The highest BCUT2D eigenvalue weighted by atomic mass is 32.2. The average Bonchev–Trinajstić information content (AvgIpc) is 2.89. The summed E-state index contributed by atoms with van der Waals surface area (Å²) in [7, 11) is 3.17. The maximum atomic E-state index is 13.1. The second kappa shape index (κ2) is 7.51. The predicted molar refractivity (Wildman–Crippen MR) is 111 cm³/mol. The van der Waals surface area contributed by atoms with Crippen LogP contribution in [0.1, 0.15) is 16.7 Å². The van der Waals surface area contributed by atoms with Crippen LogP contribution in [0.3, 0.4) is 0 Å². The minimum atomic E-state index is -0.123. The van der Waals surface area contributed by atoms with Gasteiger partial charge in [-0.2, -0.15) is 0 Å². The van der Waals surface area contributed by atoms with E-state index >= 15 is 0 Å². The van der Waals surface area contributed by atoms with Gasteiger partial charge < -0.3 is 9.47 Å². The van der Waals surface area contributed by atoms with Crippen LogP contribution in [0, 0.1) is 13.8 Å². The van der Waals surface area contributed by atoms with Crippen molar-refractivity contribution in [3.63, 3.8) is 0 Å². The summed E-state index contributed by atoms with van der Waals surface area (Å²) in [5.74, 6) is 1.08. The van der Waals surface area contributed by atoms with Crippen LogP contribution in [0.4, 0.5) is 5.69 Å². The molecule has 1 fully saturated rings. The first-order valence-corrected chi connectivity index (χ1v) is 9.25. The number of nitrogens with zero attached hydrogens (tertiary/aromatic N) is 1. The third-order valence-corrected chi connectivity index (χ3v) is 5.48. The first-order valence-electron chi connectivity index (χ1n) is 8.03. The molecule has 1 aliphatic rings. The normalized spacial score (nSPS) is 15.7. The van der Waals surface area contributed by atoms with Gasteiger partial charge in [0, 0.05) is 5.56 Å². The molecule has 1 saturated heterocycles. The first kappa shape index (κ1) is 18.5. The van der Waals surface area contributed by atoms with E-state index in [2.05, 4.69) is 0 Å². The van der Waals surface area contributed by atoms with E-state index in [0.717, 1.165) is 22.4 Å². The van der Waals surface area contributed by atoms with E-state index < -0.39 is 0 Å². The molecule has 1 heterocycles. The third-order valence-electron chi connectivity index (χ3n) is 4.18. The van der Waals surface area contributed by atoms with Crippen LogP contribution < -0.4 is 14.4 Å². The number of carbonyl (C=O) groups is 1. The standard InChI is InChI=1S/C20H19NO3S2/c1-12-7-5-8-13(2)17(12)21-19(22)16(26-20(21)25)11-14-9-6-10-15(23-3)18(14)24-4/h5-11H,1-4H3/b16-11-. The van der Waals surface area contributed by atoms with Gasteiger partial charge in [0.1, 0.15) is 0 Å². The van der Waals surface area contributed by atoms with E-state index in [1.807, 2.05) is 50.2 Å². The number of hydrogen-bond acceptors (Lipinski definition) is 5. The fourth-order valence-corrected chi connectivity index (χ4v) is 4.25. The Hall–Kier alpha value is -2.31. The zero-order chi connectivity index (χ0) is 18.8. The Morgan fingerprint density at radius 2 is 1.69 bits per heavy atom. The van der Waals surface area contributed by atoms with Crippen molar-refractivity contribution in [1.82, 2.24) is 0 Å². The first-order chi connectivity index (χ1) is 12.5. The summed E-state index contributed by atoms with van der Waals surface area (Å²) in [4.78, 5) is 15.2. The molecule has 134 valence electrons. The minimum Gasteiger partial charge on any atom is -0.493 e. The molecule has 3 rings (SSSR count). The quantitative estimate of drug-likeness (QED) is 0.562. The van der Waals surface area contributed by atoms with Crippen LogP contribution >= 0.6 is 24.0 Å². The van der Waals surface area contributed by atoms with Crippen molar-refractivity contribution in [2.75, 3.05) is 19.1 Å². The molecule has 0 atom stereocenters. The number of rotatable bonds is 4. The third kappa shape index (κ3) is 3.22. The number of hydrogen-bond donors (Lipinski definition) is 0. The number of aryl methyl sites for hydroxylation is 2. The number of benzene rings is 2. The van der Waals surface area contributed by atoms with Gasteiger partial charge in [-0.1, -0.05) is 54.3 Å². The highest BCUT2D eigenvalue weighted by Gasteiger charge is 2.35. The van der Waals surface area contributed by atoms with Gasteiger partial charge in [0.15, 0.2) is 15.8 Å². The molecule has 0 bridgehead atoms. The fourth-order valence-electron chi connectivity index (χ4n) is 2.99. The molecule has 2 aromatic rings. The van der Waals surface area contributed by atoms with Gasteiger partial charge in [0.25, 0.3) is 5.91 Å². The summed E-state index contributed by atoms with van der Waals surface area (Å²) in [6.07, 6.45) is 1.80. The number of thiocarbonyl (C=S) groups is 1. The molecule has 0 saturated carbocycles. The Labute approximate surface area is 162 Å². The Balaban J connectivity index is 2.04. The fraction of sp³-hybridized carbons (Fsp3) is 0.200. The highest BCUT2D eigenvalue weighted by Crippen LogP contribution is 2.40. The summed E-state index contributed by atoms with van der Waals surface area (Å²) >= 11 is 6.79. The number of anilines is 1. The number of ether oxygens (including phenoxy) is 2. The highest BCUT2D eigenvalue weighted by molar-refractivity contribution is 8.27. The van der Waals surface area contributed by atoms with Crippen LogP contribution in [0.25, 0.3) is 6.08 Å². The molecule has 0 spiro atoms. The molecule has 0 N–H and O–H groups in total. The van der Waals surface area contributed by atoms with Gasteiger partial charge in [0.2, 0.25) is 0 Å². The lowest BCUT2D eigenvalue weighted by Gasteiger charge is -2.19. The number of para-hydroxylation sites is 2. The monoisotopic (exact) mass is 385 g/mol. The average molecular weight is 386 g/mol. The predicted octanol–water partition coefficient (Wildman–Crippen LogP) is 4.73. The number of methoxy groups -OCH3 is 2. The lowest BCUT2D eigenvalue weighted by molar-refractivity contribution is -0.113. The second-order valence-corrected chi connectivity index (χ2v) is 7.52. The van der Waals surface area contributed by atoms with Crippen molar-refractivity contribution in [3.05, 3.63) is 58.0 Å². The molecule has 2 aromatic carbocycles. The Morgan fingerprint density at radius 1 is 1.04 bits per heavy atom. The maximum absolute atomic E-state index is 13.1. The summed E-state index contributed by atoms with van der Waals surface area (Å²) in [5.41, 5.74) is 3.66.